The molecule has 0 saturated heterocycles. The molecule has 0 unspecified atom stereocenters. The third-order valence-corrected chi connectivity index (χ3v) is 3.01. The number of rotatable bonds is 2. The number of nitrogens with zero attached hydrogens (tertiary/aromatic N) is 1. The fraction of sp³-hybridized carbons (Fsp3) is 0.417. The van der Waals surface area contributed by atoms with Gasteiger partial charge in [-0.2, -0.15) is 0 Å². The molecule has 2 rings (SSSR count). The molecule has 0 spiro atoms. The van der Waals surface area contributed by atoms with E-state index in [1.807, 2.05) is 24.3 Å². The van der Waals surface area contributed by atoms with E-state index in [0.29, 0.717) is 18.6 Å². The molecule has 0 radical (unpaired) electrons. The number of aliphatic imine (C=N–C) groups is 1. The molecule has 3 heteroatoms. The largest absolute Gasteiger partial charge is 0.475 e. The Kier molecular flexibility index (Phi) is 3.10. The summed E-state index contributed by atoms with van der Waals surface area (Å²) < 4.78 is 6.65. The molecule has 15 heavy (non-hydrogen) atoms. The number of hydrogen-bond acceptors (Lipinski definition) is 2. The van der Waals surface area contributed by atoms with Gasteiger partial charge in [-0.25, -0.2) is 4.99 Å². The predicted molar refractivity (Wildman–Crippen MR) is 65.3 cm³/mol. The number of hydrogen-bond donors (Lipinski definition) is 0. The molecule has 2 nitrogen and oxygen atoms in total. The Morgan fingerprint density at radius 2 is 2.27 bits per heavy atom. The van der Waals surface area contributed by atoms with Gasteiger partial charge in [0.05, 0.1) is 6.04 Å². The van der Waals surface area contributed by atoms with Gasteiger partial charge in [-0.05, 0) is 24.1 Å². The van der Waals surface area contributed by atoms with Crippen LogP contribution < -0.4 is 0 Å². The van der Waals surface area contributed by atoms with Crippen LogP contribution in [-0.2, 0) is 4.74 Å². The highest BCUT2D eigenvalue weighted by Gasteiger charge is 2.22. The van der Waals surface area contributed by atoms with Crippen LogP contribution in [0, 0.1) is 5.92 Å². The third-order valence-electron chi connectivity index (χ3n) is 2.52. The summed E-state index contributed by atoms with van der Waals surface area (Å²) in [6.07, 6.45) is 0. The summed E-state index contributed by atoms with van der Waals surface area (Å²) in [5, 5.41) is 0. The summed E-state index contributed by atoms with van der Waals surface area (Å²) >= 11 is 3.44. The molecule has 0 fully saturated rings. The van der Waals surface area contributed by atoms with Gasteiger partial charge in [-0.15, -0.1) is 0 Å². The van der Waals surface area contributed by atoms with Crippen molar-refractivity contribution in [2.24, 2.45) is 10.9 Å². The zero-order valence-electron chi connectivity index (χ0n) is 8.90. The maximum Gasteiger partial charge on any atom is 0.216 e. The van der Waals surface area contributed by atoms with Gasteiger partial charge >= 0.3 is 0 Å². The average Bonchev–Trinajstić information content (AvgIpc) is 2.66. The molecule has 0 amide bonds. The lowest BCUT2D eigenvalue weighted by Gasteiger charge is -2.06. The van der Waals surface area contributed by atoms with Crippen molar-refractivity contribution in [1.82, 2.24) is 0 Å². The second-order valence-electron chi connectivity index (χ2n) is 4.07. The highest BCUT2D eigenvalue weighted by molar-refractivity contribution is 9.10. The van der Waals surface area contributed by atoms with Crippen molar-refractivity contribution in [3.8, 4) is 0 Å². The van der Waals surface area contributed by atoms with Crippen LogP contribution in [0.1, 0.15) is 19.4 Å². The maximum atomic E-state index is 5.60. The van der Waals surface area contributed by atoms with Gasteiger partial charge in [0.15, 0.2) is 0 Å². The van der Waals surface area contributed by atoms with Crippen molar-refractivity contribution >= 4 is 21.8 Å². The lowest BCUT2D eigenvalue weighted by molar-refractivity contribution is 0.292. The SMILES string of the molecule is CC(C)[C@@H]1COC(c2cccc(Br)c2)=N1. The normalized spacial score (nSPS) is 20.3. The van der Waals surface area contributed by atoms with Crippen LogP contribution in [0.25, 0.3) is 0 Å². The lowest BCUT2D eigenvalue weighted by atomic mass is 10.1. The summed E-state index contributed by atoms with van der Waals surface area (Å²) in [6, 6.07) is 8.35. The maximum absolute atomic E-state index is 5.60. The van der Waals surface area contributed by atoms with Crippen molar-refractivity contribution in [2.75, 3.05) is 6.61 Å². The van der Waals surface area contributed by atoms with Crippen molar-refractivity contribution in [1.29, 1.82) is 0 Å². The van der Waals surface area contributed by atoms with Crippen molar-refractivity contribution in [3.63, 3.8) is 0 Å². The van der Waals surface area contributed by atoms with E-state index in [1.54, 1.807) is 0 Å². The monoisotopic (exact) mass is 267 g/mol. The molecule has 1 heterocycles. The zero-order valence-corrected chi connectivity index (χ0v) is 10.5. The molecule has 0 aromatic heterocycles. The van der Waals surface area contributed by atoms with E-state index in [0.717, 1.165) is 15.9 Å². The smallest absolute Gasteiger partial charge is 0.216 e. The molecule has 1 aromatic carbocycles. The summed E-state index contributed by atoms with van der Waals surface area (Å²) in [7, 11) is 0. The van der Waals surface area contributed by atoms with E-state index in [9.17, 15) is 0 Å². The molecule has 1 aliphatic heterocycles. The number of halogens is 1. The van der Waals surface area contributed by atoms with Crippen LogP contribution in [0.15, 0.2) is 33.7 Å². The predicted octanol–water partition coefficient (Wildman–Crippen LogP) is 3.25. The van der Waals surface area contributed by atoms with E-state index < -0.39 is 0 Å². The van der Waals surface area contributed by atoms with Crippen LogP contribution in [0.5, 0.6) is 0 Å². The second-order valence-corrected chi connectivity index (χ2v) is 4.98. The fourth-order valence-electron chi connectivity index (χ4n) is 1.51. The first kappa shape index (κ1) is 10.7. The van der Waals surface area contributed by atoms with Gasteiger partial charge < -0.3 is 4.74 Å². The molecule has 1 aromatic rings. The first-order valence-corrected chi connectivity index (χ1v) is 5.92. The van der Waals surface area contributed by atoms with Gasteiger partial charge in [0, 0.05) is 10.0 Å². The summed E-state index contributed by atoms with van der Waals surface area (Å²) in [6.45, 7) is 5.04. The van der Waals surface area contributed by atoms with E-state index in [4.69, 9.17) is 4.74 Å². The molecular weight excluding hydrogens is 254 g/mol. The molecule has 0 bridgehead atoms. The molecule has 1 atom stereocenters. The number of benzene rings is 1. The fourth-order valence-corrected chi connectivity index (χ4v) is 1.91. The Bertz CT molecular complexity index is 387. The molecule has 0 N–H and O–H groups in total. The first-order chi connectivity index (χ1) is 7.16. The van der Waals surface area contributed by atoms with Crippen LogP contribution in [-0.4, -0.2) is 18.5 Å². The number of ether oxygens (including phenoxy) is 1. The quantitative estimate of drug-likeness (QED) is 0.806. The van der Waals surface area contributed by atoms with Gasteiger partial charge in [-0.1, -0.05) is 35.8 Å². The molecule has 1 aliphatic rings. The first-order valence-electron chi connectivity index (χ1n) is 5.13. The standard InChI is InChI=1S/C12H14BrNO/c1-8(2)11-7-15-12(14-11)9-4-3-5-10(13)6-9/h3-6,8,11H,7H2,1-2H3/t11-/m0/s1. The second kappa shape index (κ2) is 4.35. The minimum Gasteiger partial charge on any atom is -0.475 e. The molecule has 0 aliphatic carbocycles. The summed E-state index contributed by atoms with van der Waals surface area (Å²) in [5.41, 5.74) is 1.05. The van der Waals surface area contributed by atoms with Crippen LogP contribution in [0.2, 0.25) is 0 Å². The topological polar surface area (TPSA) is 21.6 Å². The van der Waals surface area contributed by atoms with E-state index >= 15 is 0 Å². The molecule has 80 valence electrons. The molecular formula is C12H14BrNO. The Balaban J connectivity index is 2.22. The Labute approximate surface area is 98.5 Å². The summed E-state index contributed by atoms with van der Waals surface area (Å²) in [4.78, 5) is 4.57. The molecule has 0 saturated carbocycles. The minimum atomic E-state index is 0.305. The van der Waals surface area contributed by atoms with Gasteiger partial charge in [0.1, 0.15) is 6.61 Å². The van der Waals surface area contributed by atoms with E-state index in [2.05, 4.69) is 34.8 Å². The summed E-state index contributed by atoms with van der Waals surface area (Å²) in [5.74, 6) is 1.31. The van der Waals surface area contributed by atoms with Crippen molar-refractivity contribution in [3.05, 3.63) is 34.3 Å². The van der Waals surface area contributed by atoms with Crippen LogP contribution >= 0.6 is 15.9 Å². The Morgan fingerprint density at radius 1 is 1.47 bits per heavy atom. The van der Waals surface area contributed by atoms with E-state index in [1.165, 1.54) is 0 Å². The van der Waals surface area contributed by atoms with Crippen molar-refractivity contribution in [2.45, 2.75) is 19.9 Å². The minimum absolute atomic E-state index is 0.305. The van der Waals surface area contributed by atoms with Crippen LogP contribution in [0.3, 0.4) is 0 Å². The third kappa shape index (κ3) is 2.40. The van der Waals surface area contributed by atoms with Gasteiger partial charge in [-0.3, -0.25) is 0 Å². The Morgan fingerprint density at radius 3 is 2.87 bits per heavy atom. The zero-order chi connectivity index (χ0) is 10.8. The van der Waals surface area contributed by atoms with Gasteiger partial charge in [0.25, 0.3) is 0 Å². The van der Waals surface area contributed by atoms with E-state index in [-0.39, 0.29) is 0 Å². The average molecular weight is 268 g/mol. The van der Waals surface area contributed by atoms with Crippen LogP contribution in [0.4, 0.5) is 0 Å². The Hall–Kier alpha value is -0.830. The van der Waals surface area contributed by atoms with Gasteiger partial charge in [0.2, 0.25) is 5.90 Å². The highest BCUT2D eigenvalue weighted by Crippen LogP contribution is 2.19. The highest BCUT2D eigenvalue weighted by atomic mass is 79.9. The lowest BCUT2D eigenvalue weighted by Crippen LogP contribution is -2.13. The van der Waals surface area contributed by atoms with Crippen molar-refractivity contribution < 1.29 is 4.74 Å².